The van der Waals surface area contributed by atoms with Crippen LogP contribution in [0.1, 0.15) is 30.9 Å². The minimum Gasteiger partial charge on any atom is -0.492 e. The molecular formula is C19H31IN4O2. The topological polar surface area (TPSA) is 74.8 Å². The lowest BCUT2D eigenvalue weighted by molar-refractivity contribution is -0.122. The van der Waals surface area contributed by atoms with Crippen LogP contribution >= 0.6 is 24.0 Å². The lowest BCUT2D eigenvalue weighted by Gasteiger charge is -2.13. The molecule has 7 heteroatoms. The Labute approximate surface area is 173 Å². The second kappa shape index (κ2) is 12.0. The summed E-state index contributed by atoms with van der Waals surface area (Å²) in [5.41, 5.74) is 2.40. The summed E-state index contributed by atoms with van der Waals surface area (Å²) in [6, 6.07) is 6.20. The van der Waals surface area contributed by atoms with Gasteiger partial charge in [-0.15, -0.1) is 24.0 Å². The number of hydrogen-bond acceptors (Lipinski definition) is 3. The molecule has 1 aliphatic rings. The molecule has 0 aromatic heterocycles. The molecule has 0 aliphatic heterocycles. The highest BCUT2D eigenvalue weighted by molar-refractivity contribution is 14.0. The fourth-order valence-corrected chi connectivity index (χ4v) is 2.53. The highest BCUT2D eigenvalue weighted by Crippen LogP contribution is 2.28. The largest absolute Gasteiger partial charge is 0.492 e. The van der Waals surface area contributed by atoms with Gasteiger partial charge in [-0.05, 0) is 56.9 Å². The summed E-state index contributed by atoms with van der Waals surface area (Å²) in [7, 11) is 0. The number of aryl methyl sites for hydroxylation is 2. The van der Waals surface area contributed by atoms with Gasteiger partial charge in [0, 0.05) is 19.0 Å². The molecule has 3 N–H and O–H groups in total. The first-order chi connectivity index (χ1) is 12.1. The Morgan fingerprint density at radius 3 is 2.42 bits per heavy atom. The number of rotatable bonds is 9. The normalized spacial score (nSPS) is 13.6. The predicted octanol–water partition coefficient (Wildman–Crippen LogP) is 2.38. The lowest BCUT2D eigenvalue weighted by Crippen LogP contribution is -2.40. The van der Waals surface area contributed by atoms with Gasteiger partial charge in [-0.3, -0.25) is 9.79 Å². The summed E-state index contributed by atoms with van der Waals surface area (Å²) < 4.78 is 5.78. The summed E-state index contributed by atoms with van der Waals surface area (Å²) in [5.74, 6) is 2.05. The maximum Gasteiger partial charge on any atom is 0.223 e. The minimum absolute atomic E-state index is 0. The number of hydrogen-bond donors (Lipinski definition) is 3. The van der Waals surface area contributed by atoms with E-state index < -0.39 is 0 Å². The van der Waals surface area contributed by atoms with Crippen molar-refractivity contribution >= 4 is 35.8 Å². The third-order valence-electron chi connectivity index (χ3n) is 3.83. The molecule has 1 aromatic rings. The van der Waals surface area contributed by atoms with Crippen LogP contribution in [0.3, 0.4) is 0 Å². The first-order valence-corrected chi connectivity index (χ1v) is 9.09. The van der Waals surface area contributed by atoms with Crippen molar-refractivity contribution in [1.29, 1.82) is 0 Å². The van der Waals surface area contributed by atoms with Gasteiger partial charge < -0.3 is 20.7 Å². The average molecular weight is 474 g/mol. The molecule has 0 saturated heterocycles. The van der Waals surface area contributed by atoms with Crippen molar-refractivity contribution in [2.45, 2.75) is 33.6 Å². The molecule has 0 heterocycles. The SMILES string of the molecule is CCNC(=NCCNC(=O)C1CC1)NCCOc1cc(C)cc(C)c1.I. The van der Waals surface area contributed by atoms with Gasteiger partial charge in [-0.25, -0.2) is 0 Å². The van der Waals surface area contributed by atoms with E-state index in [-0.39, 0.29) is 35.8 Å². The van der Waals surface area contributed by atoms with E-state index in [1.54, 1.807) is 0 Å². The van der Waals surface area contributed by atoms with Crippen LogP contribution in [0.25, 0.3) is 0 Å². The molecule has 1 aliphatic carbocycles. The molecular weight excluding hydrogens is 443 g/mol. The summed E-state index contributed by atoms with van der Waals surface area (Å²) >= 11 is 0. The van der Waals surface area contributed by atoms with E-state index in [2.05, 4.69) is 40.9 Å². The average Bonchev–Trinajstić information content (AvgIpc) is 3.39. The van der Waals surface area contributed by atoms with Crippen LogP contribution < -0.4 is 20.7 Å². The smallest absolute Gasteiger partial charge is 0.223 e. The number of carbonyl (C=O) groups excluding carboxylic acids is 1. The van der Waals surface area contributed by atoms with E-state index in [1.165, 1.54) is 11.1 Å². The van der Waals surface area contributed by atoms with Crippen LogP contribution in [0.2, 0.25) is 0 Å². The van der Waals surface area contributed by atoms with Crippen molar-refractivity contribution in [3.05, 3.63) is 29.3 Å². The molecule has 1 amide bonds. The Kier molecular flexibility index (Phi) is 10.4. The number of nitrogens with one attached hydrogen (secondary N) is 3. The Hall–Kier alpha value is -1.51. The van der Waals surface area contributed by atoms with Crippen molar-refractivity contribution < 1.29 is 9.53 Å². The van der Waals surface area contributed by atoms with E-state index in [0.29, 0.717) is 26.2 Å². The van der Waals surface area contributed by atoms with Crippen LogP contribution in [0.15, 0.2) is 23.2 Å². The molecule has 146 valence electrons. The van der Waals surface area contributed by atoms with E-state index in [9.17, 15) is 4.79 Å². The zero-order chi connectivity index (χ0) is 18.1. The summed E-state index contributed by atoms with van der Waals surface area (Å²) in [4.78, 5) is 16.0. The van der Waals surface area contributed by atoms with Gasteiger partial charge >= 0.3 is 0 Å². The Bertz CT molecular complexity index is 583. The molecule has 0 spiro atoms. The maximum atomic E-state index is 11.6. The molecule has 6 nitrogen and oxygen atoms in total. The van der Waals surface area contributed by atoms with Gasteiger partial charge in [-0.1, -0.05) is 6.07 Å². The summed E-state index contributed by atoms with van der Waals surface area (Å²) in [5, 5.41) is 9.35. The van der Waals surface area contributed by atoms with Gasteiger partial charge in [0.15, 0.2) is 5.96 Å². The number of halogens is 1. The molecule has 1 saturated carbocycles. The second-order valence-corrected chi connectivity index (χ2v) is 6.42. The second-order valence-electron chi connectivity index (χ2n) is 6.42. The van der Waals surface area contributed by atoms with Crippen molar-refractivity contribution in [1.82, 2.24) is 16.0 Å². The third-order valence-corrected chi connectivity index (χ3v) is 3.83. The summed E-state index contributed by atoms with van der Waals surface area (Å²) in [6.07, 6.45) is 2.06. The number of amides is 1. The van der Waals surface area contributed by atoms with Crippen LogP contribution in [0.4, 0.5) is 0 Å². The lowest BCUT2D eigenvalue weighted by atomic mass is 10.1. The van der Waals surface area contributed by atoms with E-state index >= 15 is 0 Å². The first-order valence-electron chi connectivity index (χ1n) is 9.09. The van der Waals surface area contributed by atoms with Crippen molar-refractivity contribution in [3.63, 3.8) is 0 Å². The minimum atomic E-state index is 0. The number of aliphatic imine (C=N–C) groups is 1. The highest BCUT2D eigenvalue weighted by atomic mass is 127. The molecule has 1 fully saturated rings. The maximum absolute atomic E-state index is 11.6. The third kappa shape index (κ3) is 8.73. The molecule has 0 unspecified atom stereocenters. The zero-order valence-electron chi connectivity index (χ0n) is 15.9. The van der Waals surface area contributed by atoms with Crippen LogP contribution in [0.5, 0.6) is 5.75 Å². The zero-order valence-corrected chi connectivity index (χ0v) is 18.3. The molecule has 26 heavy (non-hydrogen) atoms. The number of ether oxygens (including phenoxy) is 1. The molecule has 0 radical (unpaired) electrons. The van der Waals surface area contributed by atoms with E-state index in [1.807, 2.05) is 19.1 Å². The van der Waals surface area contributed by atoms with Gasteiger partial charge in [0.25, 0.3) is 0 Å². The van der Waals surface area contributed by atoms with Gasteiger partial charge in [0.1, 0.15) is 12.4 Å². The fraction of sp³-hybridized carbons (Fsp3) is 0.579. The van der Waals surface area contributed by atoms with E-state index in [4.69, 9.17) is 4.74 Å². The summed E-state index contributed by atoms with van der Waals surface area (Å²) in [6.45, 7) is 9.30. The Morgan fingerprint density at radius 1 is 1.12 bits per heavy atom. The van der Waals surface area contributed by atoms with Crippen LogP contribution in [-0.4, -0.2) is 44.7 Å². The molecule has 0 bridgehead atoms. The number of carbonyl (C=O) groups is 1. The molecule has 2 rings (SSSR count). The molecule has 0 atom stereocenters. The quantitative estimate of drug-likeness (QED) is 0.223. The predicted molar refractivity (Wildman–Crippen MR) is 117 cm³/mol. The van der Waals surface area contributed by atoms with Crippen molar-refractivity contribution in [2.75, 3.05) is 32.8 Å². The fourth-order valence-electron chi connectivity index (χ4n) is 2.53. The Morgan fingerprint density at radius 2 is 1.81 bits per heavy atom. The van der Waals surface area contributed by atoms with Crippen molar-refractivity contribution in [2.24, 2.45) is 10.9 Å². The molecule has 1 aromatic carbocycles. The number of nitrogens with zero attached hydrogens (tertiary/aromatic N) is 1. The van der Waals surface area contributed by atoms with E-state index in [0.717, 1.165) is 31.1 Å². The van der Waals surface area contributed by atoms with Crippen LogP contribution in [0, 0.1) is 19.8 Å². The van der Waals surface area contributed by atoms with Gasteiger partial charge in [-0.2, -0.15) is 0 Å². The van der Waals surface area contributed by atoms with Crippen LogP contribution in [-0.2, 0) is 4.79 Å². The van der Waals surface area contributed by atoms with Gasteiger partial charge in [0.2, 0.25) is 5.91 Å². The number of guanidine groups is 1. The standard InChI is InChI=1S/C19H30N4O2.HI/c1-4-20-19(22-8-7-21-18(24)16-5-6-16)23-9-10-25-17-12-14(2)11-15(3)13-17;/h11-13,16H,4-10H2,1-3H3,(H,21,24)(H2,20,22,23);1H. The monoisotopic (exact) mass is 474 g/mol. The Balaban J connectivity index is 0.00000338. The van der Waals surface area contributed by atoms with Gasteiger partial charge in [0.05, 0.1) is 13.1 Å². The highest BCUT2D eigenvalue weighted by Gasteiger charge is 2.28. The first kappa shape index (κ1) is 22.5. The number of benzene rings is 1. The van der Waals surface area contributed by atoms with Crippen molar-refractivity contribution in [3.8, 4) is 5.75 Å².